The van der Waals surface area contributed by atoms with Crippen LogP contribution in [0.5, 0.6) is 11.5 Å². The number of benzene rings is 6. The second-order valence-corrected chi connectivity index (χ2v) is 12.6. The van der Waals surface area contributed by atoms with Crippen LogP contribution in [0.1, 0.15) is 0 Å². The second kappa shape index (κ2) is 9.52. The highest BCUT2D eigenvalue weighted by Gasteiger charge is 2.45. The Morgan fingerprint density at radius 1 is 0.578 bits per heavy atom. The van der Waals surface area contributed by atoms with Crippen LogP contribution in [0.25, 0.3) is 10.8 Å². The molecule has 3 aliphatic heterocycles. The van der Waals surface area contributed by atoms with E-state index in [1.54, 1.807) is 0 Å². The minimum absolute atomic E-state index is 0.0447. The van der Waals surface area contributed by atoms with Gasteiger partial charge in [0.25, 0.3) is 6.71 Å². The Labute approximate surface area is 265 Å². The van der Waals surface area contributed by atoms with Gasteiger partial charge in [0.05, 0.1) is 27.6 Å². The summed E-state index contributed by atoms with van der Waals surface area (Å²) in [6, 6.07) is 47.8. The van der Waals surface area contributed by atoms with Crippen molar-refractivity contribution in [3.63, 3.8) is 0 Å². The first-order valence-electron chi connectivity index (χ1n) is 15.2. The molecule has 0 spiro atoms. The van der Waals surface area contributed by atoms with E-state index in [9.17, 15) is 0 Å². The van der Waals surface area contributed by atoms with Gasteiger partial charge in [-0.1, -0.05) is 96.7 Å². The highest BCUT2D eigenvalue weighted by Crippen LogP contribution is 2.58. The van der Waals surface area contributed by atoms with Crippen LogP contribution in [0.4, 0.5) is 34.1 Å². The van der Waals surface area contributed by atoms with Crippen molar-refractivity contribution in [2.45, 2.75) is 9.79 Å². The molecular formula is C39H24BN3OS. The maximum Gasteiger partial charge on any atom is 0.256 e. The number of para-hydroxylation sites is 3. The average molecular weight is 594 g/mol. The van der Waals surface area contributed by atoms with Crippen LogP contribution >= 0.6 is 11.8 Å². The molecule has 0 bridgehead atoms. The van der Waals surface area contributed by atoms with E-state index in [-0.39, 0.29) is 6.71 Å². The number of nitrogens with zero attached hydrogens (tertiary/aromatic N) is 3. The molecule has 4 nitrogen and oxygen atoms in total. The fourth-order valence-corrected chi connectivity index (χ4v) is 8.52. The van der Waals surface area contributed by atoms with Gasteiger partial charge in [-0.3, -0.25) is 4.98 Å². The van der Waals surface area contributed by atoms with Crippen LogP contribution in [-0.2, 0) is 0 Å². The van der Waals surface area contributed by atoms with Gasteiger partial charge in [-0.25, -0.2) is 0 Å². The number of hydrogen-bond donors (Lipinski definition) is 0. The zero-order chi connectivity index (χ0) is 29.5. The molecule has 6 aromatic carbocycles. The summed E-state index contributed by atoms with van der Waals surface area (Å²) in [5.41, 5.74) is 10.5. The maximum absolute atomic E-state index is 6.87. The van der Waals surface area contributed by atoms with Crippen molar-refractivity contribution >= 4 is 79.8 Å². The van der Waals surface area contributed by atoms with E-state index in [1.807, 2.05) is 24.2 Å². The Balaban J connectivity index is 1.34. The summed E-state index contributed by atoms with van der Waals surface area (Å²) in [6.07, 6.45) is 3.76. The lowest BCUT2D eigenvalue weighted by Crippen LogP contribution is -2.59. The van der Waals surface area contributed by atoms with Crippen LogP contribution in [-0.4, -0.2) is 11.7 Å². The highest BCUT2D eigenvalue weighted by atomic mass is 32.2. The average Bonchev–Trinajstić information content (AvgIpc) is 3.10. The molecule has 3 aliphatic rings. The molecule has 0 amide bonds. The van der Waals surface area contributed by atoms with Crippen LogP contribution in [0.3, 0.4) is 0 Å². The third kappa shape index (κ3) is 3.54. The molecule has 7 aromatic rings. The minimum atomic E-state index is 0.0447. The van der Waals surface area contributed by atoms with Crippen LogP contribution in [0.15, 0.2) is 156 Å². The molecule has 10 rings (SSSR count). The molecule has 0 aliphatic carbocycles. The molecule has 0 unspecified atom stereocenters. The lowest BCUT2D eigenvalue weighted by molar-refractivity contribution is 0.487. The van der Waals surface area contributed by atoms with Crippen molar-refractivity contribution in [1.82, 2.24) is 4.98 Å². The molecule has 0 fully saturated rings. The Morgan fingerprint density at radius 2 is 1.29 bits per heavy atom. The molecule has 0 atom stereocenters. The summed E-state index contributed by atoms with van der Waals surface area (Å²) in [5, 5.41) is 2.42. The van der Waals surface area contributed by atoms with Crippen molar-refractivity contribution in [3.05, 3.63) is 146 Å². The first kappa shape index (κ1) is 24.9. The fraction of sp³-hybridized carbons (Fsp3) is 0. The Hall–Kier alpha value is -5.46. The first-order chi connectivity index (χ1) is 22.3. The lowest BCUT2D eigenvalue weighted by atomic mass is 9.34. The van der Waals surface area contributed by atoms with Crippen molar-refractivity contribution < 1.29 is 4.74 Å². The number of anilines is 6. The third-order valence-corrected chi connectivity index (χ3v) is 10.3. The number of rotatable bonds is 2. The predicted molar refractivity (Wildman–Crippen MR) is 186 cm³/mol. The predicted octanol–water partition coefficient (Wildman–Crippen LogP) is 8.57. The SMILES string of the molecule is c1ccc2c(c1)Oc1cc3c(c4c1B2c1ccccc1N4c1ccncc1)Sc1ccccc1N3c1cccc2ccccc12. The third-order valence-electron chi connectivity index (χ3n) is 9.17. The number of aromatic nitrogens is 1. The quantitative estimate of drug-likeness (QED) is 0.187. The topological polar surface area (TPSA) is 28.6 Å². The van der Waals surface area contributed by atoms with Crippen molar-refractivity contribution in [2.24, 2.45) is 0 Å². The van der Waals surface area contributed by atoms with Crippen LogP contribution in [0.2, 0.25) is 0 Å². The molecule has 45 heavy (non-hydrogen) atoms. The van der Waals surface area contributed by atoms with Crippen LogP contribution < -0.4 is 30.9 Å². The minimum Gasteiger partial charge on any atom is -0.458 e. The normalized spacial score (nSPS) is 13.7. The lowest BCUT2D eigenvalue weighted by Gasteiger charge is -2.44. The van der Waals surface area contributed by atoms with Gasteiger partial charge in [0.15, 0.2) is 0 Å². The Kier molecular flexibility index (Phi) is 5.27. The molecule has 1 aromatic heterocycles. The van der Waals surface area contributed by atoms with Gasteiger partial charge >= 0.3 is 0 Å². The van der Waals surface area contributed by atoms with Gasteiger partial charge in [0, 0.05) is 40.1 Å². The van der Waals surface area contributed by atoms with E-state index in [1.165, 1.54) is 42.6 Å². The molecule has 6 heteroatoms. The molecule has 0 N–H and O–H groups in total. The molecule has 0 radical (unpaired) electrons. The van der Waals surface area contributed by atoms with E-state index in [0.29, 0.717) is 0 Å². The molecule has 0 saturated carbocycles. The van der Waals surface area contributed by atoms with E-state index in [4.69, 9.17) is 4.74 Å². The van der Waals surface area contributed by atoms with Crippen molar-refractivity contribution in [3.8, 4) is 11.5 Å². The first-order valence-corrected chi connectivity index (χ1v) is 16.0. The summed E-state index contributed by atoms with van der Waals surface area (Å²) >= 11 is 1.85. The fourth-order valence-electron chi connectivity index (χ4n) is 7.34. The summed E-state index contributed by atoms with van der Waals surface area (Å²) in [4.78, 5) is 11.7. The molecule has 210 valence electrons. The largest absolute Gasteiger partial charge is 0.458 e. The maximum atomic E-state index is 6.87. The molecule has 4 heterocycles. The standard InChI is InChI=1S/C39H24BN3OS/c1-2-12-27-25(10-1)11-9-17-30(27)43-32-16-6-8-19-36(32)45-39-33(43)24-35-37-38(39)42(26-20-22-41-23-21-26)31-15-5-3-13-28(31)40(37)29-14-4-7-18-34(29)44-35/h1-24H. The summed E-state index contributed by atoms with van der Waals surface area (Å²) in [7, 11) is 0. The van der Waals surface area contributed by atoms with Gasteiger partial charge in [-0.05, 0) is 64.2 Å². The van der Waals surface area contributed by atoms with E-state index < -0.39 is 0 Å². The smallest absolute Gasteiger partial charge is 0.256 e. The van der Waals surface area contributed by atoms with Crippen LogP contribution in [0, 0.1) is 0 Å². The number of fused-ring (bicyclic) bond motifs is 8. The van der Waals surface area contributed by atoms with Crippen molar-refractivity contribution in [2.75, 3.05) is 9.80 Å². The molecular weight excluding hydrogens is 569 g/mol. The van der Waals surface area contributed by atoms with Crippen molar-refractivity contribution in [1.29, 1.82) is 0 Å². The number of hydrogen-bond acceptors (Lipinski definition) is 5. The van der Waals surface area contributed by atoms with Gasteiger partial charge in [-0.2, -0.15) is 0 Å². The monoisotopic (exact) mass is 593 g/mol. The Morgan fingerprint density at radius 3 is 2.20 bits per heavy atom. The Bertz CT molecular complexity index is 2320. The number of pyridine rings is 1. The van der Waals surface area contributed by atoms with Gasteiger partial charge in [0.2, 0.25) is 0 Å². The van der Waals surface area contributed by atoms with E-state index in [0.717, 1.165) is 39.9 Å². The van der Waals surface area contributed by atoms with E-state index >= 15 is 0 Å². The van der Waals surface area contributed by atoms with Gasteiger partial charge < -0.3 is 14.5 Å². The number of ether oxygens (including phenoxy) is 1. The second-order valence-electron chi connectivity index (χ2n) is 11.6. The zero-order valence-electron chi connectivity index (χ0n) is 24.1. The van der Waals surface area contributed by atoms with Gasteiger partial charge in [0.1, 0.15) is 11.5 Å². The summed E-state index contributed by atoms with van der Waals surface area (Å²) < 4.78 is 6.87. The summed E-state index contributed by atoms with van der Waals surface area (Å²) in [6.45, 7) is 0.0447. The van der Waals surface area contributed by atoms with Gasteiger partial charge in [-0.15, -0.1) is 0 Å². The van der Waals surface area contributed by atoms with E-state index in [2.05, 4.69) is 148 Å². The zero-order valence-corrected chi connectivity index (χ0v) is 24.9. The summed E-state index contributed by atoms with van der Waals surface area (Å²) in [5.74, 6) is 1.81. The molecule has 0 saturated heterocycles. The highest BCUT2D eigenvalue weighted by molar-refractivity contribution is 8.00.